The Morgan fingerprint density at radius 2 is 2.00 bits per heavy atom. The zero-order valence-electron chi connectivity index (χ0n) is 16.5. The topological polar surface area (TPSA) is 63.1 Å². The first kappa shape index (κ1) is 18.6. The molecule has 28 heavy (non-hydrogen) atoms. The molecular formula is C22H27N5O. The fourth-order valence-corrected chi connectivity index (χ4v) is 4.07. The summed E-state index contributed by atoms with van der Waals surface area (Å²) in [5.41, 5.74) is 3.02. The van der Waals surface area contributed by atoms with E-state index in [2.05, 4.69) is 51.8 Å². The normalized spacial score (nSPS) is 17.9. The summed E-state index contributed by atoms with van der Waals surface area (Å²) >= 11 is 0. The highest BCUT2D eigenvalue weighted by Crippen LogP contribution is 2.24. The molecule has 2 aromatic heterocycles. The van der Waals surface area contributed by atoms with Crippen molar-refractivity contribution in [2.24, 2.45) is 5.92 Å². The van der Waals surface area contributed by atoms with Crippen LogP contribution in [0.4, 0.5) is 5.69 Å². The van der Waals surface area contributed by atoms with Crippen LogP contribution in [0.5, 0.6) is 0 Å². The Morgan fingerprint density at radius 1 is 1.21 bits per heavy atom. The summed E-state index contributed by atoms with van der Waals surface area (Å²) in [5, 5.41) is 3.02. The third kappa shape index (κ3) is 3.92. The molecule has 1 amide bonds. The molecular weight excluding hydrogens is 350 g/mol. The predicted octanol–water partition coefficient (Wildman–Crippen LogP) is 3.86. The van der Waals surface area contributed by atoms with Gasteiger partial charge in [-0.1, -0.05) is 12.1 Å². The van der Waals surface area contributed by atoms with E-state index < -0.39 is 0 Å². The molecule has 3 aromatic rings. The second-order valence-corrected chi connectivity index (χ2v) is 7.78. The van der Waals surface area contributed by atoms with Crippen molar-refractivity contribution in [2.75, 3.05) is 18.4 Å². The third-order valence-corrected chi connectivity index (χ3v) is 5.37. The van der Waals surface area contributed by atoms with Gasteiger partial charge in [-0.25, -0.2) is 4.98 Å². The lowest BCUT2D eigenvalue weighted by Gasteiger charge is -2.32. The average molecular weight is 377 g/mol. The molecule has 1 saturated heterocycles. The van der Waals surface area contributed by atoms with Crippen molar-refractivity contribution >= 4 is 22.6 Å². The first-order chi connectivity index (χ1) is 13.6. The third-order valence-electron chi connectivity index (χ3n) is 5.37. The van der Waals surface area contributed by atoms with E-state index in [1.54, 1.807) is 12.4 Å². The standard InChI is InChI=1S/C22H27N5O/c1-16(2)27-20-8-4-3-7-19(20)25-21(27)15-26-13-5-6-17(14-26)22(28)24-18-9-11-23-12-10-18/h3-4,7-12,16-17H,5-6,13-15H2,1-2H3,(H,23,24,28)/t17-/m1/s1. The van der Waals surface area contributed by atoms with E-state index in [1.807, 2.05) is 18.2 Å². The maximum absolute atomic E-state index is 12.7. The molecule has 0 spiro atoms. The molecule has 6 heteroatoms. The Balaban J connectivity index is 1.48. The zero-order chi connectivity index (χ0) is 19.5. The van der Waals surface area contributed by atoms with E-state index in [0.717, 1.165) is 49.5 Å². The number of piperidine rings is 1. The van der Waals surface area contributed by atoms with Crippen LogP contribution in [0.25, 0.3) is 11.0 Å². The summed E-state index contributed by atoms with van der Waals surface area (Å²) in [6.07, 6.45) is 5.34. The number of fused-ring (bicyclic) bond motifs is 1. The highest BCUT2D eigenvalue weighted by Gasteiger charge is 2.27. The van der Waals surface area contributed by atoms with Gasteiger partial charge in [0.15, 0.2) is 0 Å². The monoisotopic (exact) mass is 377 g/mol. The van der Waals surface area contributed by atoms with Crippen molar-refractivity contribution in [3.05, 3.63) is 54.6 Å². The molecule has 0 unspecified atom stereocenters. The van der Waals surface area contributed by atoms with Gasteiger partial charge in [0.1, 0.15) is 5.82 Å². The Bertz CT molecular complexity index is 950. The minimum Gasteiger partial charge on any atom is -0.326 e. The van der Waals surface area contributed by atoms with Crippen molar-refractivity contribution in [3.8, 4) is 0 Å². The van der Waals surface area contributed by atoms with E-state index in [1.165, 1.54) is 5.52 Å². The van der Waals surface area contributed by atoms with Gasteiger partial charge in [0.2, 0.25) is 5.91 Å². The molecule has 1 aliphatic heterocycles. The lowest BCUT2D eigenvalue weighted by molar-refractivity contribution is -0.121. The highest BCUT2D eigenvalue weighted by molar-refractivity contribution is 5.92. The van der Waals surface area contributed by atoms with Crippen molar-refractivity contribution in [1.29, 1.82) is 0 Å². The molecule has 1 aliphatic rings. The van der Waals surface area contributed by atoms with Crippen molar-refractivity contribution < 1.29 is 4.79 Å². The molecule has 1 N–H and O–H groups in total. The molecule has 0 bridgehead atoms. The molecule has 4 rings (SSSR count). The summed E-state index contributed by atoms with van der Waals surface area (Å²) in [7, 11) is 0. The number of aromatic nitrogens is 3. The number of pyridine rings is 1. The molecule has 0 aliphatic carbocycles. The number of imidazole rings is 1. The number of nitrogens with one attached hydrogen (secondary N) is 1. The Kier molecular flexibility index (Phi) is 5.39. The van der Waals surface area contributed by atoms with E-state index in [4.69, 9.17) is 4.98 Å². The Labute approximate surface area is 165 Å². The molecule has 1 fully saturated rings. The van der Waals surface area contributed by atoms with Crippen LogP contribution in [0, 0.1) is 5.92 Å². The van der Waals surface area contributed by atoms with Gasteiger partial charge in [0.05, 0.1) is 23.5 Å². The number of nitrogens with zero attached hydrogens (tertiary/aromatic N) is 4. The number of likely N-dealkylation sites (tertiary alicyclic amines) is 1. The van der Waals surface area contributed by atoms with Gasteiger partial charge < -0.3 is 9.88 Å². The minimum atomic E-state index is -0.00112. The molecule has 6 nitrogen and oxygen atoms in total. The maximum atomic E-state index is 12.7. The summed E-state index contributed by atoms with van der Waals surface area (Å²) in [4.78, 5) is 23.9. The van der Waals surface area contributed by atoms with Crippen LogP contribution in [-0.2, 0) is 11.3 Å². The second-order valence-electron chi connectivity index (χ2n) is 7.78. The lowest BCUT2D eigenvalue weighted by Crippen LogP contribution is -2.40. The molecule has 3 heterocycles. The van der Waals surface area contributed by atoms with Crippen LogP contribution in [0.2, 0.25) is 0 Å². The average Bonchev–Trinajstić information content (AvgIpc) is 3.07. The summed E-state index contributed by atoms with van der Waals surface area (Å²) < 4.78 is 2.32. The zero-order valence-corrected chi connectivity index (χ0v) is 16.5. The summed E-state index contributed by atoms with van der Waals surface area (Å²) in [6, 6.07) is 12.3. The van der Waals surface area contributed by atoms with Crippen molar-refractivity contribution in [1.82, 2.24) is 19.4 Å². The molecule has 0 radical (unpaired) electrons. The fourth-order valence-electron chi connectivity index (χ4n) is 4.07. The van der Waals surface area contributed by atoms with Gasteiger partial charge >= 0.3 is 0 Å². The lowest BCUT2D eigenvalue weighted by atomic mass is 9.97. The van der Waals surface area contributed by atoms with Crippen LogP contribution < -0.4 is 5.32 Å². The Hall–Kier alpha value is -2.73. The summed E-state index contributed by atoms with van der Waals surface area (Å²) in [6.45, 7) is 6.92. The van der Waals surface area contributed by atoms with Crippen LogP contribution >= 0.6 is 0 Å². The van der Waals surface area contributed by atoms with Crippen LogP contribution in [0.3, 0.4) is 0 Å². The van der Waals surface area contributed by atoms with Gasteiger partial charge in [-0.2, -0.15) is 0 Å². The number of hydrogen-bond donors (Lipinski definition) is 1. The van der Waals surface area contributed by atoms with E-state index in [9.17, 15) is 4.79 Å². The van der Waals surface area contributed by atoms with Crippen molar-refractivity contribution in [2.45, 2.75) is 39.3 Å². The number of para-hydroxylation sites is 2. The van der Waals surface area contributed by atoms with E-state index >= 15 is 0 Å². The largest absolute Gasteiger partial charge is 0.326 e. The summed E-state index contributed by atoms with van der Waals surface area (Å²) in [5.74, 6) is 1.17. The molecule has 0 saturated carbocycles. The highest BCUT2D eigenvalue weighted by atomic mass is 16.1. The van der Waals surface area contributed by atoms with Crippen LogP contribution in [0.15, 0.2) is 48.8 Å². The fraction of sp³-hybridized carbons (Fsp3) is 0.409. The first-order valence-corrected chi connectivity index (χ1v) is 10.0. The number of carbonyl (C=O) groups is 1. The smallest absolute Gasteiger partial charge is 0.228 e. The molecule has 146 valence electrons. The number of carbonyl (C=O) groups excluding carboxylic acids is 1. The van der Waals surface area contributed by atoms with Gasteiger partial charge in [0.25, 0.3) is 0 Å². The quantitative estimate of drug-likeness (QED) is 0.733. The van der Waals surface area contributed by atoms with E-state index in [0.29, 0.717) is 6.04 Å². The number of anilines is 1. The van der Waals surface area contributed by atoms with Crippen LogP contribution in [-0.4, -0.2) is 38.4 Å². The SMILES string of the molecule is CC(C)n1c(CN2CCC[C@@H](C(=O)Nc3ccncc3)C2)nc2ccccc21. The maximum Gasteiger partial charge on any atom is 0.228 e. The van der Waals surface area contributed by atoms with Gasteiger partial charge in [-0.15, -0.1) is 0 Å². The molecule has 1 aromatic carbocycles. The van der Waals surface area contributed by atoms with Crippen molar-refractivity contribution in [3.63, 3.8) is 0 Å². The number of amides is 1. The van der Waals surface area contributed by atoms with Gasteiger partial charge in [-0.05, 0) is 57.5 Å². The minimum absolute atomic E-state index is 0.00112. The Morgan fingerprint density at radius 3 is 2.79 bits per heavy atom. The predicted molar refractivity (Wildman–Crippen MR) is 111 cm³/mol. The van der Waals surface area contributed by atoms with E-state index in [-0.39, 0.29) is 11.8 Å². The number of rotatable bonds is 5. The van der Waals surface area contributed by atoms with Gasteiger partial charge in [0, 0.05) is 30.7 Å². The second kappa shape index (κ2) is 8.10. The molecule has 1 atom stereocenters. The van der Waals surface area contributed by atoms with Crippen LogP contribution in [0.1, 0.15) is 38.6 Å². The van der Waals surface area contributed by atoms with Gasteiger partial charge in [-0.3, -0.25) is 14.7 Å². The number of hydrogen-bond acceptors (Lipinski definition) is 4. The number of benzene rings is 1. The first-order valence-electron chi connectivity index (χ1n) is 10.0.